The van der Waals surface area contributed by atoms with E-state index in [4.69, 9.17) is 15.2 Å². The smallest absolute Gasteiger partial charge is 0.0900 e. The van der Waals surface area contributed by atoms with E-state index >= 15 is 0 Å². The molecule has 0 spiro atoms. The minimum Gasteiger partial charge on any atom is -0.389 e. The molecule has 0 bridgehead atoms. The number of hydrogen-bond acceptors (Lipinski definition) is 5. The number of nitrogens with two attached hydrogens (primary N) is 1. The third kappa shape index (κ3) is 10.3. The van der Waals surface area contributed by atoms with Crippen molar-refractivity contribution in [3.05, 3.63) is 0 Å². The first-order chi connectivity index (χ1) is 8.86. The highest BCUT2D eigenvalue weighted by Crippen LogP contribution is 2.04. The summed E-state index contributed by atoms with van der Waals surface area (Å²) in [5.41, 5.74) is 6.00. The molecule has 0 saturated carbocycles. The van der Waals surface area contributed by atoms with Crippen LogP contribution in [0.15, 0.2) is 0 Å². The maximum absolute atomic E-state index is 9.87. The zero-order valence-electron chi connectivity index (χ0n) is 13.1. The number of aliphatic hydroxyl groups is 1. The Bertz CT molecular complexity index is 215. The highest BCUT2D eigenvalue weighted by atomic mass is 16.5. The Balaban J connectivity index is 3.71. The van der Waals surface area contributed by atoms with Gasteiger partial charge in [0.2, 0.25) is 0 Å². The van der Waals surface area contributed by atoms with Crippen molar-refractivity contribution in [2.45, 2.75) is 45.4 Å². The molecule has 3 unspecified atom stereocenters. The minimum absolute atomic E-state index is 0.0133. The standard InChI is InChI=1S/C14H32N2O3/c1-11(2)14(15)6-7-16(4)8-13(17)10-19-12(3)9-18-5/h11-14,17H,6-10,15H2,1-5H3. The first-order valence-corrected chi connectivity index (χ1v) is 7.09. The molecule has 5 heteroatoms. The second-order valence-electron chi connectivity index (χ2n) is 5.71. The van der Waals surface area contributed by atoms with Gasteiger partial charge in [-0.05, 0) is 32.9 Å². The third-order valence-corrected chi connectivity index (χ3v) is 3.20. The lowest BCUT2D eigenvalue weighted by Crippen LogP contribution is -2.37. The molecule has 3 atom stereocenters. The highest BCUT2D eigenvalue weighted by Gasteiger charge is 2.13. The molecule has 0 aliphatic rings. The van der Waals surface area contributed by atoms with E-state index in [2.05, 4.69) is 18.7 Å². The summed E-state index contributed by atoms with van der Waals surface area (Å²) in [7, 11) is 3.64. The van der Waals surface area contributed by atoms with Gasteiger partial charge in [-0.15, -0.1) is 0 Å². The molecule has 0 rings (SSSR count). The molecule has 0 aliphatic heterocycles. The fourth-order valence-electron chi connectivity index (χ4n) is 1.76. The van der Waals surface area contributed by atoms with Gasteiger partial charge >= 0.3 is 0 Å². The maximum Gasteiger partial charge on any atom is 0.0900 e. The Labute approximate surface area is 118 Å². The average Bonchev–Trinajstić information content (AvgIpc) is 2.33. The van der Waals surface area contributed by atoms with Crippen LogP contribution in [0.25, 0.3) is 0 Å². The lowest BCUT2D eigenvalue weighted by molar-refractivity contribution is -0.0382. The molecule has 0 aromatic heterocycles. The van der Waals surface area contributed by atoms with Crippen molar-refractivity contribution in [1.82, 2.24) is 4.90 Å². The fourth-order valence-corrected chi connectivity index (χ4v) is 1.76. The van der Waals surface area contributed by atoms with Crippen molar-refractivity contribution in [2.75, 3.05) is 40.5 Å². The van der Waals surface area contributed by atoms with Crippen LogP contribution >= 0.6 is 0 Å². The van der Waals surface area contributed by atoms with Gasteiger partial charge in [0.25, 0.3) is 0 Å². The van der Waals surface area contributed by atoms with Gasteiger partial charge in [-0.3, -0.25) is 0 Å². The first kappa shape index (κ1) is 18.8. The maximum atomic E-state index is 9.87. The molecule has 0 aromatic carbocycles. The first-order valence-electron chi connectivity index (χ1n) is 7.09. The Morgan fingerprint density at radius 2 is 1.84 bits per heavy atom. The quantitative estimate of drug-likeness (QED) is 0.581. The van der Waals surface area contributed by atoms with E-state index in [1.807, 2.05) is 14.0 Å². The van der Waals surface area contributed by atoms with Crippen LogP contribution in [0.1, 0.15) is 27.2 Å². The van der Waals surface area contributed by atoms with Gasteiger partial charge in [-0.25, -0.2) is 0 Å². The van der Waals surface area contributed by atoms with Crippen LogP contribution in [0.3, 0.4) is 0 Å². The molecular weight excluding hydrogens is 244 g/mol. The summed E-state index contributed by atoms with van der Waals surface area (Å²) in [6, 6.07) is 0.220. The topological polar surface area (TPSA) is 68.0 Å². The average molecular weight is 276 g/mol. The number of methoxy groups -OCH3 is 1. The van der Waals surface area contributed by atoms with E-state index in [-0.39, 0.29) is 12.1 Å². The summed E-state index contributed by atoms with van der Waals surface area (Å²) in [5.74, 6) is 0.497. The Morgan fingerprint density at radius 3 is 2.37 bits per heavy atom. The molecule has 0 aliphatic carbocycles. The largest absolute Gasteiger partial charge is 0.389 e. The van der Waals surface area contributed by atoms with Gasteiger partial charge in [-0.1, -0.05) is 13.8 Å². The Morgan fingerprint density at radius 1 is 1.21 bits per heavy atom. The predicted octanol–water partition coefficient (Wildman–Crippen LogP) is 0.704. The summed E-state index contributed by atoms with van der Waals surface area (Å²) in [5, 5.41) is 9.87. The van der Waals surface area contributed by atoms with Gasteiger partial charge < -0.3 is 25.2 Å². The SMILES string of the molecule is COCC(C)OCC(O)CN(C)CCC(N)C(C)C. The fraction of sp³-hybridized carbons (Fsp3) is 1.00. The normalized spacial score (nSPS) is 16.9. The second-order valence-corrected chi connectivity index (χ2v) is 5.71. The van der Waals surface area contributed by atoms with E-state index in [0.29, 0.717) is 25.7 Å². The summed E-state index contributed by atoms with van der Waals surface area (Å²) in [4.78, 5) is 2.09. The molecule has 116 valence electrons. The second kappa shape index (κ2) is 10.6. The van der Waals surface area contributed by atoms with Gasteiger partial charge in [0.15, 0.2) is 0 Å². The molecular formula is C14H32N2O3. The number of hydrogen-bond donors (Lipinski definition) is 2. The lowest BCUT2D eigenvalue weighted by atomic mass is 10.0. The van der Waals surface area contributed by atoms with Crippen molar-refractivity contribution in [3.63, 3.8) is 0 Å². The van der Waals surface area contributed by atoms with Crippen LogP contribution < -0.4 is 5.73 Å². The zero-order valence-corrected chi connectivity index (χ0v) is 13.1. The van der Waals surface area contributed by atoms with Crippen molar-refractivity contribution in [3.8, 4) is 0 Å². The van der Waals surface area contributed by atoms with Crippen LogP contribution in [0.2, 0.25) is 0 Å². The molecule has 0 aromatic rings. The number of rotatable bonds is 11. The predicted molar refractivity (Wildman–Crippen MR) is 78.2 cm³/mol. The van der Waals surface area contributed by atoms with Gasteiger partial charge in [-0.2, -0.15) is 0 Å². The molecule has 3 N–H and O–H groups in total. The lowest BCUT2D eigenvalue weighted by Gasteiger charge is -2.24. The molecule has 0 saturated heterocycles. The monoisotopic (exact) mass is 276 g/mol. The molecule has 0 heterocycles. The minimum atomic E-state index is -0.473. The van der Waals surface area contributed by atoms with E-state index < -0.39 is 6.10 Å². The molecule has 5 nitrogen and oxygen atoms in total. The number of likely N-dealkylation sites (N-methyl/N-ethyl adjacent to an activating group) is 1. The van der Waals surface area contributed by atoms with Crippen molar-refractivity contribution < 1.29 is 14.6 Å². The molecule has 0 amide bonds. The number of aliphatic hydroxyl groups excluding tert-OH is 1. The Kier molecular flexibility index (Phi) is 10.5. The number of ether oxygens (including phenoxy) is 2. The van der Waals surface area contributed by atoms with Crippen LogP contribution in [0.4, 0.5) is 0 Å². The van der Waals surface area contributed by atoms with Gasteiger partial charge in [0.1, 0.15) is 0 Å². The van der Waals surface area contributed by atoms with Crippen LogP contribution in [0, 0.1) is 5.92 Å². The Hall–Kier alpha value is -0.200. The van der Waals surface area contributed by atoms with Crippen LogP contribution in [0.5, 0.6) is 0 Å². The van der Waals surface area contributed by atoms with E-state index in [1.54, 1.807) is 7.11 Å². The summed E-state index contributed by atoms with van der Waals surface area (Å²) in [6.45, 7) is 8.57. The summed E-state index contributed by atoms with van der Waals surface area (Å²) >= 11 is 0. The molecule has 0 radical (unpaired) electrons. The van der Waals surface area contributed by atoms with Crippen molar-refractivity contribution in [1.29, 1.82) is 0 Å². The number of nitrogens with zero attached hydrogens (tertiary/aromatic N) is 1. The van der Waals surface area contributed by atoms with Crippen LogP contribution in [-0.2, 0) is 9.47 Å². The van der Waals surface area contributed by atoms with Gasteiger partial charge in [0, 0.05) is 19.7 Å². The molecule has 0 fully saturated rings. The summed E-state index contributed by atoms with van der Waals surface area (Å²) < 4.78 is 10.5. The van der Waals surface area contributed by atoms with Crippen LogP contribution in [-0.4, -0.2) is 68.7 Å². The molecule has 19 heavy (non-hydrogen) atoms. The van der Waals surface area contributed by atoms with Crippen molar-refractivity contribution in [2.24, 2.45) is 11.7 Å². The van der Waals surface area contributed by atoms with E-state index in [9.17, 15) is 5.11 Å². The van der Waals surface area contributed by atoms with Gasteiger partial charge in [0.05, 0.1) is 25.4 Å². The zero-order chi connectivity index (χ0) is 14.8. The summed E-state index contributed by atoms with van der Waals surface area (Å²) in [6.07, 6.45) is 0.487. The third-order valence-electron chi connectivity index (χ3n) is 3.20. The van der Waals surface area contributed by atoms with Crippen molar-refractivity contribution >= 4 is 0 Å². The van der Waals surface area contributed by atoms with E-state index in [0.717, 1.165) is 13.0 Å². The highest BCUT2D eigenvalue weighted by molar-refractivity contribution is 4.69. The van der Waals surface area contributed by atoms with E-state index in [1.165, 1.54) is 0 Å².